The lowest BCUT2D eigenvalue weighted by Gasteiger charge is -2.32. The van der Waals surface area contributed by atoms with Gasteiger partial charge in [0, 0.05) is 37.6 Å². The summed E-state index contributed by atoms with van der Waals surface area (Å²) in [6, 6.07) is 4.56. The molecule has 0 saturated carbocycles. The van der Waals surface area contributed by atoms with Gasteiger partial charge in [0.05, 0.1) is 6.61 Å². The minimum atomic E-state index is -0.204. The summed E-state index contributed by atoms with van der Waals surface area (Å²) in [5, 5.41) is 8.89. The highest BCUT2D eigenvalue weighted by molar-refractivity contribution is 14.0. The van der Waals surface area contributed by atoms with Crippen molar-refractivity contribution in [2.75, 3.05) is 33.3 Å². The number of hydrogen-bond acceptors (Lipinski definition) is 4. The Bertz CT molecular complexity index is 502. The fraction of sp³-hybridized carbons (Fsp3) is 0.625. The van der Waals surface area contributed by atoms with Gasteiger partial charge in [-0.25, -0.2) is 4.79 Å². The van der Waals surface area contributed by atoms with E-state index in [9.17, 15) is 4.79 Å². The van der Waals surface area contributed by atoms with Gasteiger partial charge in [-0.1, -0.05) is 6.07 Å². The molecular formula is C16H27IN4O2S. The van der Waals surface area contributed by atoms with Crippen LogP contribution in [-0.4, -0.2) is 56.3 Å². The summed E-state index contributed by atoms with van der Waals surface area (Å²) >= 11 is 1.78. The number of guanidine groups is 1. The molecule has 1 fully saturated rings. The maximum atomic E-state index is 11.7. The topological polar surface area (TPSA) is 66.0 Å². The number of rotatable bonds is 5. The van der Waals surface area contributed by atoms with Gasteiger partial charge in [0.1, 0.15) is 0 Å². The molecule has 0 bridgehead atoms. The first-order valence-electron chi connectivity index (χ1n) is 8.14. The molecule has 136 valence electrons. The van der Waals surface area contributed by atoms with Crippen molar-refractivity contribution in [3.8, 4) is 0 Å². The lowest BCUT2D eigenvalue weighted by molar-refractivity contribution is 0.0963. The lowest BCUT2D eigenvalue weighted by Crippen LogP contribution is -2.50. The van der Waals surface area contributed by atoms with Crippen LogP contribution < -0.4 is 10.6 Å². The summed E-state index contributed by atoms with van der Waals surface area (Å²) in [5.41, 5.74) is 0. The fourth-order valence-electron chi connectivity index (χ4n) is 2.57. The molecule has 0 unspecified atom stereocenters. The quantitative estimate of drug-likeness (QED) is 0.398. The van der Waals surface area contributed by atoms with Gasteiger partial charge < -0.3 is 20.3 Å². The van der Waals surface area contributed by atoms with Crippen molar-refractivity contribution in [3.63, 3.8) is 0 Å². The summed E-state index contributed by atoms with van der Waals surface area (Å²) in [7, 11) is 1.79. The van der Waals surface area contributed by atoms with E-state index in [1.54, 1.807) is 23.3 Å². The molecule has 8 heteroatoms. The number of aliphatic imine (C=N–C) groups is 1. The van der Waals surface area contributed by atoms with Crippen molar-refractivity contribution < 1.29 is 9.53 Å². The number of carbonyl (C=O) groups excluding carboxylic acids is 1. The molecule has 24 heavy (non-hydrogen) atoms. The van der Waals surface area contributed by atoms with Gasteiger partial charge in [-0.3, -0.25) is 4.99 Å². The van der Waals surface area contributed by atoms with E-state index < -0.39 is 0 Å². The molecule has 1 amide bonds. The van der Waals surface area contributed by atoms with E-state index in [1.165, 1.54) is 4.88 Å². The highest BCUT2D eigenvalue weighted by Crippen LogP contribution is 2.11. The Hall–Kier alpha value is -1.03. The summed E-state index contributed by atoms with van der Waals surface area (Å²) in [6.45, 7) is 4.57. The maximum Gasteiger partial charge on any atom is 0.409 e. The monoisotopic (exact) mass is 466 g/mol. The van der Waals surface area contributed by atoms with Gasteiger partial charge in [0.25, 0.3) is 0 Å². The van der Waals surface area contributed by atoms with Gasteiger partial charge >= 0.3 is 6.09 Å². The van der Waals surface area contributed by atoms with E-state index in [2.05, 4.69) is 33.1 Å². The largest absolute Gasteiger partial charge is 0.450 e. The van der Waals surface area contributed by atoms with Crippen molar-refractivity contribution in [2.24, 2.45) is 4.99 Å². The molecule has 1 aliphatic rings. The predicted octanol–water partition coefficient (Wildman–Crippen LogP) is 2.69. The third kappa shape index (κ3) is 6.84. The number of thiophene rings is 1. The van der Waals surface area contributed by atoms with Crippen molar-refractivity contribution in [2.45, 2.75) is 32.2 Å². The fourth-order valence-corrected chi connectivity index (χ4v) is 3.28. The number of halogens is 1. The van der Waals surface area contributed by atoms with Crippen molar-refractivity contribution in [3.05, 3.63) is 22.4 Å². The minimum Gasteiger partial charge on any atom is -0.450 e. The smallest absolute Gasteiger partial charge is 0.409 e. The van der Waals surface area contributed by atoms with E-state index >= 15 is 0 Å². The van der Waals surface area contributed by atoms with Crippen LogP contribution in [0.1, 0.15) is 24.6 Å². The van der Waals surface area contributed by atoms with Crippen molar-refractivity contribution >= 4 is 47.4 Å². The number of nitrogens with one attached hydrogen (secondary N) is 2. The number of likely N-dealkylation sites (tertiary alicyclic amines) is 1. The molecular weight excluding hydrogens is 439 g/mol. The average molecular weight is 466 g/mol. The summed E-state index contributed by atoms with van der Waals surface area (Å²) in [5.74, 6) is 0.830. The Kier molecular flexibility index (Phi) is 10.1. The molecule has 2 rings (SSSR count). The molecule has 0 spiro atoms. The zero-order valence-electron chi connectivity index (χ0n) is 14.3. The molecule has 1 aliphatic heterocycles. The molecule has 2 heterocycles. The molecule has 1 aromatic rings. The minimum absolute atomic E-state index is 0. The van der Waals surface area contributed by atoms with Crippen LogP contribution in [0.4, 0.5) is 4.79 Å². The number of carbonyl (C=O) groups is 1. The van der Waals surface area contributed by atoms with Crippen molar-refractivity contribution in [1.82, 2.24) is 15.5 Å². The second-order valence-electron chi connectivity index (χ2n) is 5.43. The zero-order chi connectivity index (χ0) is 16.5. The molecule has 1 aromatic heterocycles. The Morgan fingerprint density at radius 3 is 2.79 bits per heavy atom. The van der Waals surface area contributed by atoms with Crippen LogP contribution in [0.2, 0.25) is 0 Å². The second-order valence-corrected chi connectivity index (χ2v) is 6.47. The molecule has 0 atom stereocenters. The van der Waals surface area contributed by atoms with E-state index in [-0.39, 0.29) is 30.1 Å². The third-order valence-electron chi connectivity index (χ3n) is 3.83. The van der Waals surface area contributed by atoms with E-state index in [4.69, 9.17) is 4.74 Å². The molecule has 0 radical (unpaired) electrons. The van der Waals surface area contributed by atoms with Gasteiger partial charge in [-0.2, -0.15) is 0 Å². The van der Waals surface area contributed by atoms with Gasteiger partial charge in [-0.15, -0.1) is 35.3 Å². The summed E-state index contributed by atoms with van der Waals surface area (Å²) in [6.07, 6.45) is 2.61. The molecule has 2 N–H and O–H groups in total. The normalized spacial score (nSPS) is 15.6. The SMILES string of the molecule is CCOC(=O)N1CCC(NC(=NC)NCCc2cccs2)CC1.I. The van der Waals surface area contributed by atoms with Crippen LogP contribution in [0.3, 0.4) is 0 Å². The summed E-state index contributed by atoms with van der Waals surface area (Å²) in [4.78, 5) is 19.1. The highest BCUT2D eigenvalue weighted by Gasteiger charge is 2.23. The molecule has 1 saturated heterocycles. The van der Waals surface area contributed by atoms with Gasteiger partial charge in [0.2, 0.25) is 0 Å². The number of ether oxygens (including phenoxy) is 1. The first-order valence-corrected chi connectivity index (χ1v) is 9.02. The molecule has 6 nitrogen and oxygen atoms in total. The Morgan fingerprint density at radius 2 is 2.21 bits per heavy atom. The number of hydrogen-bond donors (Lipinski definition) is 2. The van der Waals surface area contributed by atoms with E-state index in [0.29, 0.717) is 12.6 Å². The van der Waals surface area contributed by atoms with Crippen LogP contribution >= 0.6 is 35.3 Å². The maximum absolute atomic E-state index is 11.7. The number of piperidine rings is 1. The lowest BCUT2D eigenvalue weighted by atomic mass is 10.1. The Balaban J connectivity index is 0.00000288. The van der Waals surface area contributed by atoms with E-state index in [0.717, 1.165) is 44.9 Å². The first kappa shape index (κ1) is 21.0. The van der Waals surface area contributed by atoms with Crippen LogP contribution in [0.15, 0.2) is 22.5 Å². The molecule has 0 aliphatic carbocycles. The second kappa shape index (κ2) is 11.5. The zero-order valence-corrected chi connectivity index (χ0v) is 17.4. The average Bonchev–Trinajstić information content (AvgIpc) is 3.08. The number of nitrogens with zero attached hydrogens (tertiary/aromatic N) is 2. The Labute approximate surface area is 165 Å². The summed E-state index contributed by atoms with van der Waals surface area (Å²) < 4.78 is 5.04. The van der Waals surface area contributed by atoms with Gasteiger partial charge in [-0.05, 0) is 37.6 Å². The standard InChI is InChI=1S/C16H26N4O2S.HI/c1-3-22-16(21)20-10-7-13(8-11-20)19-15(17-2)18-9-6-14-5-4-12-23-14;/h4-5,12-13H,3,6-11H2,1-2H3,(H2,17,18,19);1H. The third-order valence-corrected chi connectivity index (χ3v) is 4.77. The first-order chi connectivity index (χ1) is 11.2. The van der Waals surface area contributed by atoms with Crippen LogP contribution in [0.25, 0.3) is 0 Å². The van der Waals surface area contributed by atoms with Crippen LogP contribution in [0.5, 0.6) is 0 Å². The Morgan fingerprint density at radius 1 is 1.46 bits per heavy atom. The molecule has 0 aromatic carbocycles. The van der Waals surface area contributed by atoms with Crippen LogP contribution in [0, 0.1) is 0 Å². The van der Waals surface area contributed by atoms with Gasteiger partial charge in [0.15, 0.2) is 5.96 Å². The van der Waals surface area contributed by atoms with E-state index in [1.807, 2.05) is 6.92 Å². The van der Waals surface area contributed by atoms with Crippen molar-refractivity contribution in [1.29, 1.82) is 0 Å². The highest BCUT2D eigenvalue weighted by atomic mass is 127. The van der Waals surface area contributed by atoms with Crippen LogP contribution in [-0.2, 0) is 11.2 Å². The predicted molar refractivity (Wildman–Crippen MR) is 110 cm³/mol. The number of amides is 1.